The van der Waals surface area contributed by atoms with E-state index in [4.69, 9.17) is 11.6 Å². The van der Waals surface area contributed by atoms with Gasteiger partial charge in [0.1, 0.15) is 9.84 Å². The molecule has 1 aromatic rings. The Bertz CT molecular complexity index is 528. The van der Waals surface area contributed by atoms with Crippen molar-refractivity contribution in [3.8, 4) is 0 Å². The van der Waals surface area contributed by atoms with Crippen LogP contribution in [0.1, 0.15) is 24.9 Å². The summed E-state index contributed by atoms with van der Waals surface area (Å²) in [6, 6.07) is 6.97. The lowest BCUT2D eigenvalue weighted by Crippen LogP contribution is -2.28. The largest absolute Gasteiger partial charge is 0.350 e. The van der Waals surface area contributed by atoms with Crippen LogP contribution >= 0.6 is 11.6 Å². The normalized spacial score (nSPS) is 13.1. The Morgan fingerprint density at radius 2 is 2.00 bits per heavy atom. The SMILES string of the molecule is CC(NC(=O)CCS(C)(=O)=O)c1ccccc1Cl. The molecule has 4 nitrogen and oxygen atoms in total. The molecular formula is C12H16ClNO3S. The molecule has 1 N–H and O–H groups in total. The van der Waals surface area contributed by atoms with E-state index in [1.54, 1.807) is 13.0 Å². The molecule has 0 saturated carbocycles. The van der Waals surface area contributed by atoms with Crippen molar-refractivity contribution in [3.63, 3.8) is 0 Å². The Kier molecular flexibility index (Phi) is 5.16. The zero-order valence-electron chi connectivity index (χ0n) is 10.3. The third kappa shape index (κ3) is 5.06. The standard InChI is InChI=1S/C12H16ClNO3S/c1-9(10-5-3-4-6-11(10)13)14-12(15)7-8-18(2,16)17/h3-6,9H,7-8H2,1-2H3,(H,14,15). The molecule has 0 aliphatic rings. The minimum atomic E-state index is -3.11. The molecule has 0 radical (unpaired) electrons. The molecule has 1 unspecified atom stereocenters. The minimum absolute atomic E-state index is 0.0341. The fourth-order valence-corrected chi connectivity index (χ4v) is 2.35. The van der Waals surface area contributed by atoms with Crippen LogP contribution in [0.15, 0.2) is 24.3 Å². The highest BCUT2D eigenvalue weighted by Crippen LogP contribution is 2.22. The molecule has 0 saturated heterocycles. The van der Waals surface area contributed by atoms with E-state index in [9.17, 15) is 13.2 Å². The van der Waals surface area contributed by atoms with Gasteiger partial charge in [-0.05, 0) is 18.6 Å². The Hall–Kier alpha value is -1.07. The predicted molar refractivity (Wildman–Crippen MR) is 72.3 cm³/mol. The van der Waals surface area contributed by atoms with Crippen LogP contribution in [0.3, 0.4) is 0 Å². The van der Waals surface area contributed by atoms with Crippen LogP contribution in [0.5, 0.6) is 0 Å². The molecule has 0 fully saturated rings. The maximum Gasteiger partial charge on any atom is 0.221 e. The van der Waals surface area contributed by atoms with Crippen LogP contribution < -0.4 is 5.32 Å². The summed E-state index contributed by atoms with van der Waals surface area (Å²) in [5.41, 5.74) is 0.812. The number of carbonyl (C=O) groups is 1. The Labute approximate surface area is 112 Å². The highest BCUT2D eigenvalue weighted by Gasteiger charge is 2.13. The lowest BCUT2D eigenvalue weighted by atomic mass is 10.1. The van der Waals surface area contributed by atoms with E-state index in [0.717, 1.165) is 11.8 Å². The lowest BCUT2D eigenvalue weighted by molar-refractivity contribution is -0.121. The first-order valence-electron chi connectivity index (χ1n) is 5.51. The third-order valence-electron chi connectivity index (χ3n) is 2.45. The minimum Gasteiger partial charge on any atom is -0.350 e. The number of carbonyl (C=O) groups excluding carboxylic acids is 1. The zero-order valence-corrected chi connectivity index (χ0v) is 11.9. The van der Waals surface area contributed by atoms with Gasteiger partial charge in [-0.25, -0.2) is 8.42 Å². The molecule has 1 amide bonds. The topological polar surface area (TPSA) is 63.2 Å². The summed E-state index contributed by atoms with van der Waals surface area (Å²) in [6.45, 7) is 1.81. The average Bonchev–Trinajstić information content (AvgIpc) is 2.26. The molecule has 1 atom stereocenters. The quantitative estimate of drug-likeness (QED) is 0.901. The molecule has 6 heteroatoms. The number of nitrogens with one attached hydrogen (secondary N) is 1. The molecule has 1 aromatic carbocycles. The lowest BCUT2D eigenvalue weighted by Gasteiger charge is -2.15. The van der Waals surface area contributed by atoms with Gasteiger partial charge in [0.25, 0.3) is 0 Å². The first kappa shape index (κ1) is 15.0. The van der Waals surface area contributed by atoms with Crippen LogP contribution in [0.4, 0.5) is 0 Å². The summed E-state index contributed by atoms with van der Waals surface area (Å²) in [7, 11) is -3.11. The van der Waals surface area contributed by atoms with Crippen molar-refractivity contribution in [1.82, 2.24) is 5.32 Å². The van der Waals surface area contributed by atoms with Crippen molar-refractivity contribution in [3.05, 3.63) is 34.9 Å². The molecule has 1 rings (SSSR count). The van der Waals surface area contributed by atoms with Gasteiger partial charge in [-0.1, -0.05) is 29.8 Å². The highest BCUT2D eigenvalue weighted by molar-refractivity contribution is 7.90. The van der Waals surface area contributed by atoms with Gasteiger partial charge in [-0.3, -0.25) is 4.79 Å². The van der Waals surface area contributed by atoms with Crippen molar-refractivity contribution in [2.45, 2.75) is 19.4 Å². The molecule has 0 aliphatic heterocycles. The molecule has 0 heterocycles. The van der Waals surface area contributed by atoms with Crippen LogP contribution in [0.25, 0.3) is 0 Å². The van der Waals surface area contributed by atoms with Crippen molar-refractivity contribution in [2.24, 2.45) is 0 Å². The second-order valence-electron chi connectivity index (χ2n) is 4.19. The highest BCUT2D eigenvalue weighted by atomic mass is 35.5. The number of hydrogen-bond acceptors (Lipinski definition) is 3. The Morgan fingerprint density at radius 3 is 2.56 bits per heavy atom. The summed E-state index contributed by atoms with van der Waals surface area (Å²) in [5, 5.41) is 3.30. The smallest absolute Gasteiger partial charge is 0.221 e. The van der Waals surface area contributed by atoms with Gasteiger partial charge in [0, 0.05) is 17.7 Å². The van der Waals surface area contributed by atoms with E-state index >= 15 is 0 Å². The van der Waals surface area contributed by atoms with Gasteiger partial charge < -0.3 is 5.32 Å². The zero-order chi connectivity index (χ0) is 13.8. The first-order valence-corrected chi connectivity index (χ1v) is 7.95. The van der Waals surface area contributed by atoms with E-state index in [2.05, 4.69) is 5.32 Å². The molecule has 0 bridgehead atoms. The predicted octanol–water partition coefficient (Wildman–Crippen LogP) is 1.95. The maximum atomic E-state index is 11.6. The van der Waals surface area contributed by atoms with Crippen molar-refractivity contribution in [2.75, 3.05) is 12.0 Å². The molecular weight excluding hydrogens is 274 g/mol. The van der Waals surface area contributed by atoms with E-state index < -0.39 is 9.84 Å². The summed E-state index contributed by atoms with van der Waals surface area (Å²) >= 11 is 6.01. The monoisotopic (exact) mass is 289 g/mol. The second kappa shape index (κ2) is 6.20. The van der Waals surface area contributed by atoms with Gasteiger partial charge in [0.2, 0.25) is 5.91 Å². The van der Waals surface area contributed by atoms with Gasteiger partial charge in [0.05, 0.1) is 11.8 Å². The number of amides is 1. The average molecular weight is 290 g/mol. The third-order valence-corrected chi connectivity index (χ3v) is 3.74. The number of rotatable bonds is 5. The second-order valence-corrected chi connectivity index (χ2v) is 6.86. The van der Waals surface area contributed by atoms with Gasteiger partial charge in [-0.2, -0.15) is 0 Å². The van der Waals surface area contributed by atoms with Crippen LogP contribution in [-0.4, -0.2) is 26.3 Å². The van der Waals surface area contributed by atoms with E-state index in [1.807, 2.05) is 18.2 Å². The first-order chi connectivity index (χ1) is 8.29. The van der Waals surface area contributed by atoms with Crippen molar-refractivity contribution < 1.29 is 13.2 Å². The van der Waals surface area contributed by atoms with Gasteiger partial charge in [0.15, 0.2) is 0 Å². The van der Waals surface area contributed by atoms with Crippen LogP contribution in [-0.2, 0) is 14.6 Å². The number of halogens is 1. The van der Waals surface area contributed by atoms with E-state index in [-0.39, 0.29) is 24.1 Å². The fourth-order valence-electron chi connectivity index (χ4n) is 1.50. The summed E-state index contributed by atoms with van der Waals surface area (Å²) in [5.74, 6) is -0.443. The number of sulfone groups is 1. The Morgan fingerprint density at radius 1 is 1.39 bits per heavy atom. The van der Waals surface area contributed by atoms with Crippen molar-refractivity contribution >= 4 is 27.3 Å². The summed E-state index contributed by atoms with van der Waals surface area (Å²) in [6.07, 6.45) is 1.07. The summed E-state index contributed by atoms with van der Waals surface area (Å²) < 4.78 is 21.9. The fraction of sp³-hybridized carbons (Fsp3) is 0.417. The molecule has 0 spiro atoms. The summed E-state index contributed by atoms with van der Waals surface area (Å²) in [4.78, 5) is 11.6. The van der Waals surface area contributed by atoms with Crippen molar-refractivity contribution in [1.29, 1.82) is 0 Å². The Balaban J connectivity index is 2.58. The van der Waals surface area contributed by atoms with Gasteiger partial charge >= 0.3 is 0 Å². The molecule has 0 aromatic heterocycles. The van der Waals surface area contributed by atoms with Gasteiger partial charge in [-0.15, -0.1) is 0 Å². The molecule has 100 valence electrons. The van der Waals surface area contributed by atoms with E-state index in [1.165, 1.54) is 0 Å². The van der Waals surface area contributed by atoms with Crippen LogP contribution in [0, 0.1) is 0 Å². The maximum absolute atomic E-state index is 11.6. The van der Waals surface area contributed by atoms with Crippen LogP contribution in [0.2, 0.25) is 5.02 Å². The molecule has 18 heavy (non-hydrogen) atoms. The number of hydrogen-bond donors (Lipinski definition) is 1. The number of benzene rings is 1. The molecule has 0 aliphatic carbocycles. The van der Waals surface area contributed by atoms with E-state index in [0.29, 0.717) is 5.02 Å².